The van der Waals surface area contributed by atoms with Crippen molar-refractivity contribution >= 4 is 0 Å². The Morgan fingerprint density at radius 1 is 1.22 bits per heavy atom. The summed E-state index contributed by atoms with van der Waals surface area (Å²) in [5, 5.41) is 9.37. The molecule has 1 aromatic carbocycles. The standard InChI is InChI=1S/C15H25NO2/c1-5-15(13-7-9-14(17)10-8-13)16(6-2)12(3)11-18-4/h7-10,12,15,17H,5-6,11H2,1-4H3. The average molecular weight is 251 g/mol. The van der Waals surface area contributed by atoms with Gasteiger partial charge in [-0.05, 0) is 37.6 Å². The Morgan fingerprint density at radius 2 is 1.83 bits per heavy atom. The number of phenolic OH excluding ortho intramolecular Hbond substituents is 1. The minimum Gasteiger partial charge on any atom is -0.508 e. The molecular weight excluding hydrogens is 226 g/mol. The third-order valence-corrected chi connectivity index (χ3v) is 3.40. The fourth-order valence-corrected chi connectivity index (χ4v) is 2.53. The van der Waals surface area contributed by atoms with Crippen molar-refractivity contribution in [3.63, 3.8) is 0 Å². The normalized spacial score (nSPS) is 14.7. The van der Waals surface area contributed by atoms with Crippen LogP contribution in [0.2, 0.25) is 0 Å². The monoisotopic (exact) mass is 251 g/mol. The topological polar surface area (TPSA) is 32.7 Å². The SMILES string of the molecule is CCC(c1ccc(O)cc1)N(CC)C(C)COC. The van der Waals surface area contributed by atoms with Crippen LogP contribution < -0.4 is 0 Å². The number of methoxy groups -OCH3 is 1. The van der Waals surface area contributed by atoms with Gasteiger partial charge in [0.25, 0.3) is 0 Å². The number of benzene rings is 1. The largest absolute Gasteiger partial charge is 0.508 e. The van der Waals surface area contributed by atoms with E-state index in [2.05, 4.69) is 25.7 Å². The first-order valence-electron chi connectivity index (χ1n) is 6.67. The van der Waals surface area contributed by atoms with Gasteiger partial charge in [-0.25, -0.2) is 0 Å². The average Bonchev–Trinajstić information content (AvgIpc) is 2.37. The summed E-state index contributed by atoms with van der Waals surface area (Å²) < 4.78 is 5.25. The van der Waals surface area contributed by atoms with Crippen LogP contribution in [0.15, 0.2) is 24.3 Å². The fraction of sp³-hybridized carbons (Fsp3) is 0.600. The van der Waals surface area contributed by atoms with Crippen molar-refractivity contribution < 1.29 is 9.84 Å². The Hall–Kier alpha value is -1.06. The van der Waals surface area contributed by atoms with Crippen molar-refractivity contribution in [2.75, 3.05) is 20.3 Å². The van der Waals surface area contributed by atoms with Gasteiger partial charge in [0.1, 0.15) is 5.75 Å². The Labute approximate surface area is 110 Å². The van der Waals surface area contributed by atoms with Crippen molar-refractivity contribution in [2.45, 2.75) is 39.3 Å². The molecule has 2 atom stereocenters. The van der Waals surface area contributed by atoms with E-state index in [-0.39, 0.29) is 0 Å². The lowest BCUT2D eigenvalue weighted by Gasteiger charge is -2.35. The summed E-state index contributed by atoms with van der Waals surface area (Å²) in [5.41, 5.74) is 1.25. The zero-order valence-corrected chi connectivity index (χ0v) is 11.9. The van der Waals surface area contributed by atoms with Crippen LogP contribution in [0.3, 0.4) is 0 Å². The second-order valence-corrected chi connectivity index (χ2v) is 4.65. The number of rotatable bonds is 7. The Morgan fingerprint density at radius 3 is 2.28 bits per heavy atom. The molecule has 18 heavy (non-hydrogen) atoms. The number of aromatic hydroxyl groups is 1. The molecule has 0 saturated carbocycles. The maximum atomic E-state index is 9.37. The number of hydrogen-bond acceptors (Lipinski definition) is 3. The van der Waals surface area contributed by atoms with Gasteiger partial charge in [0, 0.05) is 19.2 Å². The molecular formula is C15H25NO2. The first-order valence-corrected chi connectivity index (χ1v) is 6.67. The van der Waals surface area contributed by atoms with Crippen molar-refractivity contribution in [2.24, 2.45) is 0 Å². The molecule has 2 unspecified atom stereocenters. The van der Waals surface area contributed by atoms with Crippen LogP contribution in [0.1, 0.15) is 38.8 Å². The molecule has 0 aliphatic heterocycles. The summed E-state index contributed by atoms with van der Waals surface area (Å²) in [4.78, 5) is 2.44. The second-order valence-electron chi connectivity index (χ2n) is 4.65. The third-order valence-electron chi connectivity index (χ3n) is 3.40. The molecule has 0 spiro atoms. The number of hydrogen-bond donors (Lipinski definition) is 1. The Bertz CT molecular complexity index is 337. The van der Waals surface area contributed by atoms with Crippen LogP contribution in [0.5, 0.6) is 5.75 Å². The Kier molecular flexibility index (Phi) is 6.16. The molecule has 0 aliphatic rings. The first-order chi connectivity index (χ1) is 8.63. The lowest BCUT2D eigenvalue weighted by Crippen LogP contribution is -2.39. The highest BCUT2D eigenvalue weighted by Gasteiger charge is 2.22. The molecule has 1 N–H and O–H groups in total. The zero-order chi connectivity index (χ0) is 13.5. The predicted octanol–water partition coefficient (Wildman–Crippen LogP) is 3.20. The van der Waals surface area contributed by atoms with Gasteiger partial charge >= 0.3 is 0 Å². The van der Waals surface area contributed by atoms with E-state index in [0.717, 1.165) is 19.6 Å². The van der Waals surface area contributed by atoms with Crippen LogP contribution >= 0.6 is 0 Å². The highest BCUT2D eigenvalue weighted by molar-refractivity contribution is 5.28. The van der Waals surface area contributed by atoms with E-state index in [1.807, 2.05) is 12.1 Å². The van der Waals surface area contributed by atoms with Gasteiger partial charge in [-0.1, -0.05) is 26.0 Å². The molecule has 1 rings (SSSR count). The summed E-state index contributed by atoms with van der Waals surface area (Å²) >= 11 is 0. The van der Waals surface area contributed by atoms with Crippen LogP contribution in [-0.4, -0.2) is 36.3 Å². The van der Waals surface area contributed by atoms with Gasteiger partial charge in [-0.3, -0.25) is 4.90 Å². The predicted molar refractivity (Wildman–Crippen MR) is 74.9 cm³/mol. The minimum atomic E-state index is 0.321. The van der Waals surface area contributed by atoms with Crippen LogP contribution in [0.4, 0.5) is 0 Å². The second kappa shape index (κ2) is 7.39. The summed E-state index contributed by atoms with van der Waals surface area (Å²) in [6.45, 7) is 8.29. The Balaban J connectivity index is 2.88. The number of nitrogens with zero attached hydrogens (tertiary/aromatic N) is 1. The smallest absolute Gasteiger partial charge is 0.115 e. The lowest BCUT2D eigenvalue weighted by atomic mass is 10.0. The maximum Gasteiger partial charge on any atom is 0.115 e. The van der Waals surface area contributed by atoms with E-state index in [0.29, 0.717) is 17.8 Å². The fourth-order valence-electron chi connectivity index (χ4n) is 2.53. The summed E-state index contributed by atoms with van der Waals surface area (Å²) in [5.74, 6) is 0.321. The molecule has 3 nitrogen and oxygen atoms in total. The molecule has 1 aromatic rings. The molecule has 3 heteroatoms. The molecule has 0 saturated heterocycles. The molecule has 0 fully saturated rings. The number of phenols is 1. The van der Waals surface area contributed by atoms with Crippen LogP contribution in [0, 0.1) is 0 Å². The zero-order valence-electron chi connectivity index (χ0n) is 11.9. The van der Waals surface area contributed by atoms with E-state index in [4.69, 9.17) is 4.74 Å². The molecule has 0 aliphatic carbocycles. The van der Waals surface area contributed by atoms with Gasteiger partial charge in [-0.2, -0.15) is 0 Å². The van der Waals surface area contributed by atoms with Gasteiger partial charge in [-0.15, -0.1) is 0 Å². The van der Waals surface area contributed by atoms with E-state index >= 15 is 0 Å². The summed E-state index contributed by atoms with van der Waals surface area (Å²) in [6.07, 6.45) is 1.05. The van der Waals surface area contributed by atoms with Crippen molar-refractivity contribution in [1.29, 1.82) is 0 Å². The molecule has 102 valence electrons. The highest BCUT2D eigenvalue weighted by atomic mass is 16.5. The quantitative estimate of drug-likeness (QED) is 0.807. The van der Waals surface area contributed by atoms with Crippen molar-refractivity contribution in [1.82, 2.24) is 4.90 Å². The third kappa shape index (κ3) is 3.72. The van der Waals surface area contributed by atoms with Crippen molar-refractivity contribution in [3.05, 3.63) is 29.8 Å². The molecule has 0 radical (unpaired) electrons. The summed E-state index contributed by atoms with van der Waals surface area (Å²) in [7, 11) is 1.74. The van der Waals surface area contributed by atoms with Crippen LogP contribution in [-0.2, 0) is 4.74 Å². The number of ether oxygens (including phenoxy) is 1. The van der Waals surface area contributed by atoms with Crippen molar-refractivity contribution in [3.8, 4) is 5.75 Å². The first kappa shape index (κ1) is 15.0. The van der Waals surface area contributed by atoms with Gasteiger partial charge in [0.15, 0.2) is 0 Å². The summed E-state index contributed by atoms with van der Waals surface area (Å²) in [6, 6.07) is 8.29. The van der Waals surface area contributed by atoms with E-state index in [1.165, 1.54) is 5.56 Å². The highest BCUT2D eigenvalue weighted by Crippen LogP contribution is 2.27. The maximum absolute atomic E-state index is 9.37. The molecule has 0 heterocycles. The molecule has 0 aromatic heterocycles. The van der Waals surface area contributed by atoms with Gasteiger partial charge < -0.3 is 9.84 Å². The van der Waals surface area contributed by atoms with E-state index in [9.17, 15) is 5.11 Å². The lowest BCUT2D eigenvalue weighted by molar-refractivity contribution is 0.0712. The minimum absolute atomic E-state index is 0.321. The number of likely N-dealkylation sites (N-methyl/N-ethyl adjacent to an activating group) is 1. The van der Waals surface area contributed by atoms with E-state index < -0.39 is 0 Å². The molecule has 0 amide bonds. The van der Waals surface area contributed by atoms with Gasteiger partial charge in [0.05, 0.1) is 6.61 Å². The molecule has 0 bridgehead atoms. The van der Waals surface area contributed by atoms with Crippen LogP contribution in [0.25, 0.3) is 0 Å². The van der Waals surface area contributed by atoms with E-state index in [1.54, 1.807) is 19.2 Å². The van der Waals surface area contributed by atoms with Gasteiger partial charge in [0.2, 0.25) is 0 Å².